The zero-order valence-corrected chi connectivity index (χ0v) is 13.9. The van der Waals surface area contributed by atoms with E-state index in [4.69, 9.17) is 0 Å². The average Bonchev–Trinajstić information content (AvgIpc) is 2.56. The van der Waals surface area contributed by atoms with Crippen molar-refractivity contribution in [3.63, 3.8) is 0 Å². The number of rotatable bonds is 7. The van der Waals surface area contributed by atoms with Crippen molar-refractivity contribution in [2.24, 2.45) is 0 Å². The molecule has 27 heavy (non-hydrogen) atoms. The van der Waals surface area contributed by atoms with Crippen LogP contribution in [0, 0.1) is 5.82 Å². The minimum Gasteiger partial charge on any atom is -0.462 e. The van der Waals surface area contributed by atoms with Gasteiger partial charge in [0.05, 0.1) is 12.3 Å². The average molecular weight is 392 g/mol. The molecular weight excluding hydrogens is 378 g/mol. The van der Waals surface area contributed by atoms with Crippen LogP contribution in [0.1, 0.15) is 24.7 Å². The predicted molar refractivity (Wildman–Crippen MR) is 82.8 cm³/mol. The highest BCUT2D eigenvalue weighted by molar-refractivity contribution is 5.34. The summed E-state index contributed by atoms with van der Waals surface area (Å²) in [5, 5.41) is 0. The number of hydrogen-bond donors (Lipinski definition) is 0. The molecule has 0 N–H and O–H groups in total. The Hall–Kier alpha value is -2.78. The molecule has 0 amide bonds. The third-order valence-electron chi connectivity index (χ3n) is 3.11. The summed E-state index contributed by atoms with van der Waals surface area (Å²) in [6, 6.07) is 2.32. The molecule has 0 aliphatic rings. The molecule has 0 saturated heterocycles. The Kier molecular flexibility index (Phi) is 6.29. The molecule has 0 aliphatic heterocycles. The summed E-state index contributed by atoms with van der Waals surface area (Å²) in [7, 11) is 0. The van der Waals surface area contributed by atoms with Crippen molar-refractivity contribution in [3.8, 4) is 11.5 Å². The van der Waals surface area contributed by atoms with Gasteiger partial charge in [0.1, 0.15) is 5.75 Å². The Morgan fingerprint density at radius 2 is 1.74 bits per heavy atom. The second-order valence-electron chi connectivity index (χ2n) is 5.34. The Morgan fingerprint density at radius 1 is 1.07 bits per heavy atom. The largest absolute Gasteiger partial charge is 0.462 e. The minimum absolute atomic E-state index is 0.235. The van der Waals surface area contributed by atoms with E-state index in [1.807, 2.05) is 6.92 Å². The van der Waals surface area contributed by atoms with Gasteiger partial charge in [0.15, 0.2) is 11.6 Å². The first-order chi connectivity index (χ1) is 12.6. The number of benzene rings is 1. The van der Waals surface area contributed by atoms with Crippen molar-refractivity contribution < 1.29 is 35.8 Å². The fraction of sp³-hybridized carbons (Fsp3) is 0.294. The van der Waals surface area contributed by atoms with Crippen molar-refractivity contribution in [2.75, 3.05) is 0 Å². The van der Waals surface area contributed by atoms with Crippen LogP contribution >= 0.6 is 0 Å². The van der Waals surface area contributed by atoms with Crippen molar-refractivity contribution in [3.05, 3.63) is 60.1 Å². The summed E-state index contributed by atoms with van der Waals surface area (Å²) < 4.78 is 86.8. The van der Waals surface area contributed by atoms with Crippen molar-refractivity contribution in [1.29, 1.82) is 0 Å². The molecule has 2 rings (SSSR count). The summed E-state index contributed by atoms with van der Waals surface area (Å²) in [6.07, 6.45) is -4.67. The normalized spacial score (nSPS) is 12.4. The molecule has 0 saturated carbocycles. The van der Waals surface area contributed by atoms with Gasteiger partial charge >= 0.3 is 12.3 Å². The monoisotopic (exact) mass is 392 g/mol. The van der Waals surface area contributed by atoms with Gasteiger partial charge < -0.3 is 9.47 Å². The molecule has 0 radical (unpaired) electrons. The Labute approximate surface area is 150 Å². The first-order valence-electron chi connectivity index (χ1n) is 7.69. The van der Waals surface area contributed by atoms with E-state index in [9.17, 15) is 26.3 Å². The van der Waals surface area contributed by atoms with Crippen LogP contribution in [0.5, 0.6) is 11.5 Å². The maximum atomic E-state index is 14.1. The molecule has 2 aromatic rings. The fourth-order valence-electron chi connectivity index (χ4n) is 1.94. The summed E-state index contributed by atoms with van der Waals surface area (Å²) in [5.74, 6) is -3.26. The predicted octanol–water partition coefficient (Wildman–Crippen LogP) is 5.15. The van der Waals surface area contributed by atoms with Crippen molar-refractivity contribution >= 4 is 0 Å². The highest BCUT2D eigenvalue weighted by Crippen LogP contribution is 2.31. The zero-order valence-electron chi connectivity index (χ0n) is 13.9. The summed E-state index contributed by atoms with van der Waals surface area (Å²) in [5.41, 5.74) is 0.677. The number of ether oxygens (including phenoxy) is 2. The molecule has 0 unspecified atom stereocenters. The highest BCUT2D eigenvalue weighted by Gasteiger charge is 2.38. The molecular formula is C17H14F6N2O2. The smallest absolute Gasteiger partial charge is 0.462 e. The molecule has 0 atom stereocenters. The van der Waals surface area contributed by atoms with Gasteiger partial charge in [0, 0.05) is 18.5 Å². The van der Waals surface area contributed by atoms with Crippen LogP contribution in [0.4, 0.5) is 26.3 Å². The van der Waals surface area contributed by atoms with Gasteiger partial charge in [-0.2, -0.15) is 22.0 Å². The van der Waals surface area contributed by atoms with Crippen LogP contribution in [0.3, 0.4) is 0 Å². The highest BCUT2D eigenvalue weighted by atomic mass is 19.4. The quantitative estimate of drug-likeness (QED) is 0.483. The standard InChI is InChI=1S/C17H14F6N2O2/c1-2-3-11-9-24-15(25-10-11)17(22,23)27-12-4-5-14(13(18)8-12)26-7-6-16(19,20)21/h4-10H,2-3H2,1H3. The maximum Gasteiger partial charge on any atom is 0.462 e. The first kappa shape index (κ1) is 20.5. The lowest BCUT2D eigenvalue weighted by atomic mass is 10.2. The lowest BCUT2D eigenvalue weighted by molar-refractivity contribution is -0.192. The van der Waals surface area contributed by atoms with Crippen LogP contribution in [-0.4, -0.2) is 16.1 Å². The molecule has 4 nitrogen and oxygen atoms in total. The molecule has 10 heteroatoms. The number of halogens is 6. The number of allylic oxidation sites excluding steroid dienone is 1. The van der Waals surface area contributed by atoms with E-state index < -0.39 is 35.4 Å². The molecule has 1 aromatic heterocycles. The van der Waals surface area contributed by atoms with Crippen LogP contribution in [0.25, 0.3) is 0 Å². The van der Waals surface area contributed by atoms with Gasteiger partial charge in [-0.3, -0.25) is 0 Å². The third kappa shape index (κ3) is 6.15. The molecule has 0 fully saturated rings. The van der Waals surface area contributed by atoms with Gasteiger partial charge in [0.25, 0.3) is 0 Å². The summed E-state index contributed by atoms with van der Waals surface area (Å²) >= 11 is 0. The Bertz CT molecular complexity index is 791. The second-order valence-corrected chi connectivity index (χ2v) is 5.34. The lowest BCUT2D eigenvalue weighted by Gasteiger charge is -2.17. The van der Waals surface area contributed by atoms with E-state index >= 15 is 0 Å². The van der Waals surface area contributed by atoms with Gasteiger partial charge in [-0.1, -0.05) is 13.3 Å². The molecule has 1 aromatic carbocycles. The fourth-order valence-corrected chi connectivity index (χ4v) is 1.94. The minimum atomic E-state index is -4.63. The van der Waals surface area contributed by atoms with Gasteiger partial charge in [-0.15, -0.1) is 0 Å². The van der Waals surface area contributed by atoms with Gasteiger partial charge in [-0.05, 0) is 24.1 Å². The SMILES string of the molecule is CCCc1cnc(C(F)(F)Oc2ccc(OC=CC(F)(F)F)c(F)c2)nc1. The van der Waals surface area contributed by atoms with Crippen molar-refractivity contribution in [2.45, 2.75) is 32.1 Å². The Morgan fingerprint density at radius 3 is 2.30 bits per heavy atom. The number of hydrogen-bond acceptors (Lipinski definition) is 4. The number of aromatic nitrogens is 2. The van der Waals surface area contributed by atoms with E-state index in [2.05, 4.69) is 19.4 Å². The van der Waals surface area contributed by atoms with E-state index in [0.29, 0.717) is 18.1 Å². The van der Waals surface area contributed by atoms with Crippen LogP contribution in [0.15, 0.2) is 42.9 Å². The van der Waals surface area contributed by atoms with Crippen LogP contribution < -0.4 is 9.47 Å². The van der Waals surface area contributed by atoms with Crippen LogP contribution in [-0.2, 0) is 12.5 Å². The zero-order chi connectivity index (χ0) is 20.1. The van der Waals surface area contributed by atoms with Crippen molar-refractivity contribution in [1.82, 2.24) is 9.97 Å². The molecule has 0 bridgehead atoms. The third-order valence-corrected chi connectivity index (χ3v) is 3.11. The Balaban J connectivity index is 2.09. The molecule has 146 valence electrons. The van der Waals surface area contributed by atoms with E-state index in [0.717, 1.165) is 18.6 Å². The topological polar surface area (TPSA) is 44.2 Å². The first-order valence-corrected chi connectivity index (χ1v) is 7.69. The van der Waals surface area contributed by atoms with Crippen LogP contribution in [0.2, 0.25) is 0 Å². The van der Waals surface area contributed by atoms with E-state index in [1.54, 1.807) is 0 Å². The van der Waals surface area contributed by atoms with Gasteiger partial charge in [0.2, 0.25) is 5.82 Å². The number of aryl methyl sites for hydroxylation is 1. The molecule has 1 heterocycles. The lowest BCUT2D eigenvalue weighted by Crippen LogP contribution is -2.25. The number of alkyl halides is 5. The van der Waals surface area contributed by atoms with Gasteiger partial charge in [-0.25, -0.2) is 14.4 Å². The summed E-state index contributed by atoms with van der Waals surface area (Å²) in [4.78, 5) is 7.10. The molecule has 0 aliphatic carbocycles. The molecule has 0 spiro atoms. The van der Waals surface area contributed by atoms with E-state index in [-0.39, 0.29) is 12.3 Å². The number of nitrogens with zero attached hydrogens (tertiary/aromatic N) is 2. The second kappa shape index (κ2) is 8.28. The summed E-state index contributed by atoms with van der Waals surface area (Å²) in [6.45, 7) is 1.91. The van der Waals surface area contributed by atoms with E-state index in [1.165, 1.54) is 12.4 Å². The maximum absolute atomic E-state index is 14.1.